The molecule has 0 aliphatic heterocycles. The minimum atomic E-state index is 0.168. The molecule has 0 N–H and O–H groups in total. The maximum atomic E-state index is 5.36. The molecule has 0 fully saturated rings. The van der Waals surface area contributed by atoms with Crippen LogP contribution in [-0.2, 0) is 24.1 Å². The Kier molecular flexibility index (Phi) is 6.47. The Bertz CT molecular complexity index is 36.4. The van der Waals surface area contributed by atoms with Gasteiger partial charge < -0.3 is 0 Å². The van der Waals surface area contributed by atoms with Gasteiger partial charge in [-0.2, -0.15) is 0 Å². The number of halogens is 1. The van der Waals surface area contributed by atoms with Crippen molar-refractivity contribution in [3.8, 4) is 0 Å². The van der Waals surface area contributed by atoms with Crippen LogP contribution in [0.3, 0.4) is 0 Å². The summed E-state index contributed by atoms with van der Waals surface area (Å²) in [6.07, 6.45) is 0.963. The Morgan fingerprint density at radius 3 is 2.57 bits per heavy atom. The van der Waals surface area contributed by atoms with Crippen LogP contribution in [0.1, 0.15) is 13.3 Å². The Morgan fingerprint density at radius 2 is 2.57 bits per heavy atom. The Labute approximate surface area is 64.5 Å². The first kappa shape index (κ1) is 8.31. The molecule has 0 amide bonds. The summed E-state index contributed by atoms with van der Waals surface area (Å²) in [5.41, 5.74) is 0.168. The predicted octanol–water partition coefficient (Wildman–Crippen LogP) is 2.09. The molecular formula is C3H6ClOSTi. The van der Waals surface area contributed by atoms with Crippen LogP contribution in [-0.4, -0.2) is 5.44 Å². The molecule has 0 spiro atoms. The van der Waals surface area contributed by atoms with Crippen molar-refractivity contribution in [3.63, 3.8) is 0 Å². The molecule has 0 saturated carbocycles. The van der Waals surface area contributed by atoms with Crippen LogP contribution in [0.2, 0.25) is 0 Å². The zero-order valence-corrected chi connectivity index (χ0v) is 7.11. The second-order valence-electron chi connectivity index (χ2n) is 1.04. The summed E-state index contributed by atoms with van der Waals surface area (Å²) in [6, 6.07) is 0. The van der Waals surface area contributed by atoms with Crippen molar-refractivity contribution in [2.75, 3.05) is 0 Å². The number of rotatable bonds is 3. The summed E-state index contributed by atoms with van der Waals surface area (Å²) >= 11 is 1.66. The van der Waals surface area contributed by atoms with Gasteiger partial charge in [-0.15, -0.1) is 0 Å². The van der Waals surface area contributed by atoms with Gasteiger partial charge in [0.05, 0.1) is 0 Å². The summed E-state index contributed by atoms with van der Waals surface area (Å²) in [6.45, 7) is 2.03. The average Bonchev–Trinajstić information content (AvgIpc) is 1.72. The van der Waals surface area contributed by atoms with E-state index in [1.165, 1.54) is 11.0 Å². The second kappa shape index (κ2) is 5.45. The van der Waals surface area contributed by atoms with E-state index in [4.69, 9.17) is 14.0 Å². The summed E-state index contributed by atoms with van der Waals surface area (Å²) in [5, 5.41) is 0. The normalized spacial score (nSPS) is 13.9. The van der Waals surface area contributed by atoms with Gasteiger partial charge in [-0.1, -0.05) is 0 Å². The molecule has 0 saturated heterocycles. The summed E-state index contributed by atoms with van der Waals surface area (Å²) in [4.78, 5) is 0. The molecule has 0 aliphatic rings. The van der Waals surface area contributed by atoms with E-state index < -0.39 is 0 Å². The molecule has 0 bridgehead atoms. The van der Waals surface area contributed by atoms with E-state index in [1.54, 1.807) is 20.8 Å². The fourth-order valence-electron chi connectivity index (χ4n) is 0.165. The van der Waals surface area contributed by atoms with Gasteiger partial charge in [-0.25, -0.2) is 0 Å². The molecule has 0 radical (unpaired) electrons. The van der Waals surface area contributed by atoms with Gasteiger partial charge in [0.15, 0.2) is 0 Å². The molecule has 41 valence electrons. The van der Waals surface area contributed by atoms with Crippen molar-refractivity contribution in [3.05, 3.63) is 0 Å². The van der Waals surface area contributed by atoms with E-state index in [9.17, 15) is 0 Å². The molecule has 4 heteroatoms. The number of hydrogen-bond donors (Lipinski definition) is 0. The third-order valence-corrected chi connectivity index (χ3v) is 2.50. The quantitative estimate of drug-likeness (QED) is 0.477. The fraction of sp³-hybridized carbons (Fsp3) is 1.00. The first-order valence-electron chi connectivity index (χ1n) is 1.95. The van der Waals surface area contributed by atoms with Gasteiger partial charge >= 0.3 is 64.6 Å². The van der Waals surface area contributed by atoms with Crippen LogP contribution < -0.4 is 0 Å². The summed E-state index contributed by atoms with van der Waals surface area (Å²) in [7, 11) is 6.58. The number of hydrogen-bond acceptors (Lipinski definition) is 2. The van der Waals surface area contributed by atoms with E-state index in [2.05, 4.69) is 0 Å². The molecule has 1 atom stereocenters. The first-order chi connectivity index (χ1) is 3.35. The first-order valence-corrected chi connectivity index (χ1v) is 4.29. The van der Waals surface area contributed by atoms with Crippen molar-refractivity contribution in [1.82, 2.24) is 0 Å². The average molecular weight is 173 g/mol. The van der Waals surface area contributed by atoms with Gasteiger partial charge in [0.2, 0.25) is 0 Å². The van der Waals surface area contributed by atoms with Crippen LogP contribution in [0, 0.1) is 0 Å². The third-order valence-electron chi connectivity index (χ3n) is 0.564. The molecule has 0 aliphatic carbocycles. The maximum absolute atomic E-state index is 5.36. The Hall–Kier alpha value is 1.31. The van der Waals surface area contributed by atoms with Crippen molar-refractivity contribution < 1.29 is 24.1 Å². The Morgan fingerprint density at radius 1 is 2.00 bits per heavy atom. The van der Waals surface area contributed by atoms with Crippen molar-refractivity contribution in [2.45, 2.75) is 18.8 Å². The molecule has 7 heavy (non-hydrogen) atoms. The van der Waals surface area contributed by atoms with Gasteiger partial charge in [0, 0.05) is 0 Å². The van der Waals surface area contributed by atoms with E-state index >= 15 is 0 Å². The van der Waals surface area contributed by atoms with Gasteiger partial charge in [-0.05, 0) is 0 Å². The van der Waals surface area contributed by atoms with Crippen LogP contribution >= 0.6 is 21.7 Å². The third kappa shape index (κ3) is 3.86. The predicted molar refractivity (Wildman–Crippen MR) is 28.6 cm³/mol. The summed E-state index contributed by atoms with van der Waals surface area (Å²) < 4.78 is 4.88. The molecule has 0 heterocycles. The van der Waals surface area contributed by atoms with Gasteiger partial charge in [-0.3, -0.25) is 0 Å². The second-order valence-corrected chi connectivity index (χ2v) is 2.65. The Balaban J connectivity index is 2.99. The van der Waals surface area contributed by atoms with Gasteiger partial charge in [0.25, 0.3) is 0 Å². The molecule has 0 aromatic heterocycles. The van der Waals surface area contributed by atoms with Crippen molar-refractivity contribution >= 4 is 21.7 Å². The molecule has 1 unspecified atom stereocenters. The standard InChI is InChI=1S/C3H6ClOS.Ti/c1-2-3(5)6-4;/h3H,2H2,1H3;/q-1;+1. The SMILES string of the molecule is CCC([O][Ti])SCl. The molecule has 0 aromatic rings. The van der Waals surface area contributed by atoms with Crippen molar-refractivity contribution in [1.29, 1.82) is 0 Å². The fourth-order valence-corrected chi connectivity index (χ4v) is 1.59. The zero-order chi connectivity index (χ0) is 5.70. The minimum absolute atomic E-state index is 0.168. The van der Waals surface area contributed by atoms with E-state index in [0.717, 1.165) is 6.42 Å². The van der Waals surface area contributed by atoms with Crippen LogP contribution in [0.5, 0.6) is 0 Å². The zero-order valence-electron chi connectivity index (χ0n) is 3.98. The van der Waals surface area contributed by atoms with Crippen LogP contribution in [0.4, 0.5) is 0 Å². The molecule has 0 rings (SSSR count). The van der Waals surface area contributed by atoms with Crippen LogP contribution in [0.15, 0.2) is 0 Å². The van der Waals surface area contributed by atoms with E-state index in [0.29, 0.717) is 0 Å². The topological polar surface area (TPSA) is 9.23 Å². The summed E-state index contributed by atoms with van der Waals surface area (Å²) in [5.74, 6) is 0. The molecule has 0 aromatic carbocycles. The van der Waals surface area contributed by atoms with E-state index in [-0.39, 0.29) is 5.44 Å². The molecule has 1 nitrogen and oxygen atoms in total. The van der Waals surface area contributed by atoms with Gasteiger partial charge in [0.1, 0.15) is 0 Å². The van der Waals surface area contributed by atoms with Crippen molar-refractivity contribution in [2.24, 2.45) is 0 Å². The van der Waals surface area contributed by atoms with E-state index in [1.807, 2.05) is 6.92 Å². The monoisotopic (exact) mass is 173 g/mol. The molecular weight excluding hydrogens is 167 g/mol. The van der Waals surface area contributed by atoms with Crippen LogP contribution in [0.25, 0.3) is 0 Å².